The number of ether oxygens (including phenoxy) is 13. The molecule has 6 aromatic rings. The minimum absolute atomic E-state index is 0.00135. The summed E-state index contributed by atoms with van der Waals surface area (Å²) in [5.74, 6) is -0.694. The van der Waals surface area contributed by atoms with Crippen molar-refractivity contribution in [2.45, 2.75) is 79.1 Å². The van der Waals surface area contributed by atoms with Gasteiger partial charge in [-0.1, -0.05) is 45.0 Å². The number of fused-ring (bicyclic) bond motifs is 1. The minimum Gasteiger partial charge on any atom is -0.490 e. The van der Waals surface area contributed by atoms with Crippen molar-refractivity contribution < 1.29 is 90.3 Å². The lowest BCUT2D eigenvalue weighted by atomic mass is 9.85. The van der Waals surface area contributed by atoms with Gasteiger partial charge >= 0.3 is 0 Å². The first-order valence-corrected chi connectivity index (χ1v) is 34.3. The molecular weight excluding hydrogens is 1310 g/mol. The normalized spacial score (nSPS) is 14.1. The number of carbonyl (C=O) groups is 4. The van der Waals surface area contributed by atoms with Crippen LogP contribution in [0.15, 0.2) is 87.6 Å². The number of pyridine rings is 1. The summed E-state index contributed by atoms with van der Waals surface area (Å²) in [4.78, 5) is 79.7. The Morgan fingerprint density at radius 3 is 1.70 bits per heavy atom. The number of hydrogen-bond donors (Lipinski definition) is 4. The number of likely N-dealkylation sites (tertiary alicyclic amines) is 1. The van der Waals surface area contributed by atoms with E-state index in [0.717, 1.165) is 21.7 Å². The van der Waals surface area contributed by atoms with E-state index in [-0.39, 0.29) is 74.0 Å². The van der Waals surface area contributed by atoms with Crippen molar-refractivity contribution >= 4 is 51.8 Å². The summed E-state index contributed by atoms with van der Waals surface area (Å²) in [6.45, 7) is 23.4. The number of aliphatic hydroxyl groups is 1. The molecule has 1 aliphatic heterocycles. The molecule has 0 radical (unpaired) electrons. The van der Waals surface area contributed by atoms with E-state index >= 15 is 0 Å². The summed E-state index contributed by atoms with van der Waals surface area (Å²) < 4.78 is 77.7. The van der Waals surface area contributed by atoms with E-state index < -0.39 is 29.5 Å². The van der Waals surface area contributed by atoms with E-state index in [0.29, 0.717) is 180 Å². The average Bonchev–Trinajstić information content (AvgIpc) is 1.65. The number of aromatic nitrogens is 5. The van der Waals surface area contributed by atoms with Gasteiger partial charge in [-0.3, -0.25) is 24.0 Å². The molecule has 4 N–H and O–H groups in total. The molecule has 1 aliphatic rings. The monoisotopic (exact) mass is 1410 g/mol. The summed E-state index contributed by atoms with van der Waals surface area (Å²) in [5, 5.41) is 23.2. The molecule has 0 saturated carbocycles. The summed E-state index contributed by atoms with van der Waals surface area (Å²) in [5.41, 5.74) is 6.09. The standard InChI is InChI=1S/C45H74N4O14S.C24H25N5O6/c1-6-54-13-14-56-17-18-58-21-22-60-25-26-62-29-30-63-28-27-61-24-23-59-20-19-57-16-15-55-12-11-40(51)48-42(45(3,4)5)44(53)49-33-38(50)31-39(49)43(52)46-32-36-7-9-37(10-8-36)41-35(2)47-34-64-41;1-3-32-10-11-33-12-13-34-17-5-6-18(25-15-17)23(31)26-16-4-8-21-20(14-16)27-24(35-21)19-7-9-22(30)29(2)28-19/h7-10,34,38-39,42,50H,6,11-33H2,1-5H3,(H,46,52)(H,48,51);4-9,14-15H,3,10-13H2,1-2H3,(H,26,31)/t38-,39+,42-;/m1./s1. The molecule has 30 heteroatoms. The smallest absolute Gasteiger partial charge is 0.274 e. The Bertz CT molecular complexity index is 3330. The first-order valence-electron chi connectivity index (χ1n) is 33.4. The zero-order chi connectivity index (χ0) is 70.9. The predicted molar refractivity (Wildman–Crippen MR) is 368 cm³/mol. The highest BCUT2D eigenvalue weighted by Crippen LogP contribution is 2.29. The van der Waals surface area contributed by atoms with E-state index in [1.165, 1.54) is 21.8 Å². The number of hydrogen-bond acceptors (Lipinski definition) is 25. The van der Waals surface area contributed by atoms with Crippen LogP contribution in [0.5, 0.6) is 5.75 Å². The molecule has 2 aromatic carbocycles. The molecule has 4 amide bonds. The lowest BCUT2D eigenvalue weighted by Gasteiger charge is -2.35. The summed E-state index contributed by atoms with van der Waals surface area (Å²) in [6, 6.07) is 17.4. The van der Waals surface area contributed by atoms with Crippen LogP contribution in [-0.4, -0.2) is 248 Å². The van der Waals surface area contributed by atoms with Crippen molar-refractivity contribution in [2.75, 3.05) is 177 Å². The van der Waals surface area contributed by atoms with E-state index in [2.05, 4.69) is 36.0 Å². The number of β-amino-alcohol motifs (C(OH)–C–C–N with tert-alkyl or cyclic N) is 1. The third kappa shape index (κ3) is 30.6. The minimum atomic E-state index is -0.919. The van der Waals surface area contributed by atoms with Gasteiger partial charge in [0, 0.05) is 57.9 Å². The Kier molecular flexibility index (Phi) is 37.7. The second-order valence-electron chi connectivity index (χ2n) is 23.3. The average molecular weight is 1410 g/mol. The number of rotatable bonds is 48. The van der Waals surface area contributed by atoms with Crippen molar-refractivity contribution in [2.24, 2.45) is 12.5 Å². The number of nitrogens with one attached hydrogen (secondary N) is 3. The van der Waals surface area contributed by atoms with Gasteiger partial charge in [0.2, 0.25) is 23.6 Å². The Morgan fingerprint density at radius 1 is 0.667 bits per heavy atom. The SMILES string of the molecule is CCOCCOCCOCCOCCOCCOCCOCCOCCOCCOCCC(=O)N[C@H](C(=O)N1C[C@H](O)C[C@H]1C(=O)NCc1ccc(-c2scnc2C)cc1)C(C)(C)C.CCOCCOCCOc1ccc(C(=O)Nc2ccc3oc(-c4ccc(=O)n(C)n4)nc3c2)nc1. The maximum atomic E-state index is 13.9. The third-order valence-corrected chi connectivity index (χ3v) is 15.6. The van der Waals surface area contributed by atoms with E-state index in [4.69, 9.17) is 66.0 Å². The van der Waals surface area contributed by atoms with Crippen LogP contribution in [0.3, 0.4) is 0 Å². The number of aryl methyl sites for hydroxylation is 2. The van der Waals surface area contributed by atoms with Gasteiger partial charge in [-0.25, -0.2) is 19.6 Å². The molecule has 0 bridgehead atoms. The maximum absolute atomic E-state index is 13.9. The van der Waals surface area contributed by atoms with Gasteiger partial charge in [-0.15, -0.1) is 11.3 Å². The molecule has 99 heavy (non-hydrogen) atoms. The molecule has 546 valence electrons. The number of anilines is 1. The molecule has 4 aromatic heterocycles. The predicted octanol–water partition coefficient (Wildman–Crippen LogP) is 5.47. The molecule has 1 fully saturated rings. The number of nitrogens with zero attached hydrogens (tertiary/aromatic N) is 6. The maximum Gasteiger partial charge on any atom is 0.274 e. The fourth-order valence-corrected chi connectivity index (χ4v) is 10.2. The fourth-order valence-electron chi connectivity index (χ4n) is 9.41. The highest BCUT2D eigenvalue weighted by molar-refractivity contribution is 7.13. The van der Waals surface area contributed by atoms with Crippen LogP contribution in [0.4, 0.5) is 5.69 Å². The number of thiazole rings is 1. The van der Waals surface area contributed by atoms with Crippen molar-refractivity contribution in [3.63, 3.8) is 0 Å². The number of amides is 4. The van der Waals surface area contributed by atoms with Crippen LogP contribution >= 0.6 is 11.3 Å². The first kappa shape index (κ1) is 80.7. The van der Waals surface area contributed by atoms with Crippen molar-refractivity contribution in [3.05, 3.63) is 106 Å². The van der Waals surface area contributed by atoms with Gasteiger partial charge in [-0.05, 0) is 73.7 Å². The Morgan fingerprint density at radius 2 is 1.20 bits per heavy atom. The summed E-state index contributed by atoms with van der Waals surface area (Å²) in [7, 11) is 1.55. The Hall–Kier alpha value is -7.27. The van der Waals surface area contributed by atoms with Crippen LogP contribution in [-0.2, 0) is 84.8 Å². The van der Waals surface area contributed by atoms with Crippen molar-refractivity contribution in [1.82, 2.24) is 40.3 Å². The van der Waals surface area contributed by atoms with Gasteiger partial charge in [0.25, 0.3) is 11.5 Å². The largest absolute Gasteiger partial charge is 0.490 e. The van der Waals surface area contributed by atoms with Crippen LogP contribution in [0.1, 0.15) is 69.2 Å². The third-order valence-electron chi connectivity index (χ3n) is 14.6. The van der Waals surface area contributed by atoms with E-state index in [1.807, 2.05) is 71.3 Å². The lowest BCUT2D eigenvalue weighted by molar-refractivity contribution is -0.144. The highest BCUT2D eigenvalue weighted by Gasteiger charge is 2.44. The van der Waals surface area contributed by atoms with E-state index in [1.54, 1.807) is 54.8 Å². The molecule has 5 heterocycles. The second kappa shape index (κ2) is 46.2. The molecule has 0 unspecified atom stereocenters. The molecule has 3 atom stereocenters. The number of carbonyl (C=O) groups excluding carboxylic acids is 4. The quantitative estimate of drug-likeness (QED) is 0.0344. The Labute approximate surface area is 582 Å². The van der Waals surface area contributed by atoms with Crippen molar-refractivity contribution in [3.8, 4) is 27.8 Å². The number of aliphatic hydroxyl groups excluding tert-OH is 1. The zero-order valence-electron chi connectivity index (χ0n) is 58.0. The molecule has 7 rings (SSSR count). The van der Waals surface area contributed by atoms with Gasteiger partial charge < -0.3 is 92.0 Å². The lowest BCUT2D eigenvalue weighted by Crippen LogP contribution is -2.57. The summed E-state index contributed by atoms with van der Waals surface area (Å²) >= 11 is 1.57. The highest BCUT2D eigenvalue weighted by atomic mass is 32.1. The van der Waals surface area contributed by atoms with Gasteiger partial charge in [0.1, 0.15) is 41.3 Å². The van der Waals surface area contributed by atoms with Gasteiger partial charge in [0.05, 0.1) is 174 Å². The first-order chi connectivity index (χ1) is 48.0. The van der Waals surface area contributed by atoms with Crippen LogP contribution in [0, 0.1) is 12.3 Å². The zero-order valence-corrected chi connectivity index (χ0v) is 58.9. The molecule has 0 spiro atoms. The Balaban J connectivity index is 0.000000368. The molecule has 1 saturated heterocycles. The molecule has 29 nitrogen and oxygen atoms in total. The van der Waals surface area contributed by atoms with Crippen LogP contribution < -0.4 is 26.2 Å². The van der Waals surface area contributed by atoms with E-state index in [9.17, 15) is 29.1 Å². The van der Waals surface area contributed by atoms with Crippen LogP contribution in [0.25, 0.3) is 33.1 Å². The van der Waals surface area contributed by atoms with Gasteiger partial charge in [0.15, 0.2) is 5.58 Å². The van der Waals surface area contributed by atoms with Crippen molar-refractivity contribution in [1.29, 1.82) is 0 Å². The number of oxazole rings is 1. The van der Waals surface area contributed by atoms with Gasteiger partial charge in [-0.2, -0.15) is 5.10 Å². The second-order valence-corrected chi connectivity index (χ2v) is 24.1. The van der Waals surface area contributed by atoms with Crippen LogP contribution in [0.2, 0.25) is 0 Å². The topological polar surface area (TPSA) is 335 Å². The molecule has 0 aliphatic carbocycles. The number of benzene rings is 2. The molecular formula is C69H99N9O20S. The summed E-state index contributed by atoms with van der Waals surface area (Å²) in [6.07, 6.45) is 0.783. The fraction of sp³-hybridized carbons (Fsp3) is 0.580.